The molecule has 0 amide bonds. The lowest BCUT2D eigenvalue weighted by Crippen LogP contribution is -2.11. The van der Waals surface area contributed by atoms with Crippen molar-refractivity contribution in [2.75, 3.05) is 33.5 Å². The standard InChI is InChI=1S/C10H20O4/c1-9(2)8-14-7-6-13-5-4-10(11)12-3/h9H,4-8H2,1-3H3. The van der Waals surface area contributed by atoms with Gasteiger partial charge in [-0.15, -0.1) is 0 Å². The third-order valence-corrected chi connectivity index (χ3v) is 1.50. The fraction of sp³-hybridized carbons (Fsp3) is 0.900. The molecule has 0 bridgehead atoms. The molecule has 4 nitrogen and oxygen atoms in total. The number of rotatable bonds is 8. The van der Waals surface area contributed by atoms with Gasteiger partial charge in [-0.3, -0.25) is 4.79 Å². The third-order valence-electron chi connectivity index (χ3n) is 1.50. The number of hydrogen-bond acceptors (Lipinski definition) is 4. The van der Waals surface area contributed by atoms with Crippen LogP contribution in [-0.4, -0.2) is 39.5 Å². The van der Waals surface area contributed by atoms with Gasteiger partial charge in [0.25, 0.3) is 0 Å². The maximum absolute atomic E-state index is 10.7. The van der Waals surface area contributed by atoms with Gasteiger partial charge < -0.3 is 14.2 Å². The zero-order chi connectivity index (χ0) is 10.8. The zero-order valence-electron chi connectivity index (χ0n) is 9.25. The first-order valence-corrected chi connectivity index (χ1v) is 4.89. The normalized spacial score (nSPS) is 10.6. The van der Waals surface area contributed by atoms with E-state index in [1.165, 1.54) is 7.11 Å². The van der Waals surface area contributed by atoms with Crippen molar-refractivity contribution in [3.8, 4) is 0 Å². The molecule has 0 aromatic heterocycles. The van der Waals surface area contributed by atoms with Crippen molar-refractivity contribution in [2.45, 2.75) is 20.3 Å². The maximum atomic E-state index is 10.7. The lowest BCUT2D eigenvalue weighted by atomic mass is 10.2. The van der Waals surface area contributed by atoms with Crippen LogP contribution in [0.15, 0.2) is 0 Å². The minimum atomic E-state index is -0.243. The number of ether oxygens (including phenoxy) is 3. The second kappa shape index (κ2) is 8.97. The Morgan fingerprint density at radius 3 is 2.36 bits per heavy atom. The number of methoxy groups -OCH3 is 1. The molecular weight excluding hydrogens is 184 g/mol. The third kappa shape index (κ3) is 9.48. The Balaban J connectivity index is 3.03. The number of esters is 1. The molecule has 0 saturated carbocycles. The summed E-state index contributed by atoms with van der Waals surface area (Å²) in [4.78, 5) is 10.7. The van der Waals surface area contributed by atoms with Gasteiger partial charge in [0.05, 0.1) is 33.4 Å². The Kier molecular flexibility index (Phi) is 8.57. The lowest BCUT2D eigenvalue weighted by Gasteiger charge is -2.06. The van der Waals surface area contributed by atoms with E-state index in [0.29, 0.717) is 32.2 Å². The maximum Gasteiger partial charge on any atom is 0.307 e. The summed E-state index contributed by atoms with van der Waals surface area (Å²) in [5, 5.41) is 0. The van der Waals surface area contributed by atoms with Gasteiger partial charge in [0.1, 0.15) is 0 Å². The summed E-state index contributed by atoms with van der Waals surface area (Å²) in [5.41, 5.74) is 0. The fourth-order valence-corrected chi connectivity index (χ4v) is 0.797. The average Bonchev–Trinajstić information content (AvgIpc) is 2.15. The zero-order valence-corrected chi connectivity index (χ0v) is 9.25. The van der Waals surface area contributed by atoms with Gasteiger partial charge in [-0.05, 0) is 5.92 Å². The van der Waals surface area contributed by atoms with Crippen molar-refractivity contribution in [1.29, 1.82) is 0 Å². The van der Waals surface area contributed by atoms with Crippen molar-refractivity contribution in [3.05, 3.63) is 0 Å². The topological polar surface area (TPSA) is 44.8 Å². The van der Waals surface area contributed by atoms with E-state index in [4.69, 9.17) is 9.47 Å². The molecule has 4 heteroatoms. The molecule has 0 spiro atoms. The molecule has 0 rings (SSSR count). The van der Waals surface area contributed by atoms with E-state index in [0.717, 1.165) is 6.61 Å². The monoisotopic (exact) mass is 204 g/mol. The fourth-order valence-electron chi connectivity index (χ4n) is 0.797. The molecule has 0 aromatic rings. The predicted molar refractivity (Wildman–Crippen MR) is 53.1 cm³/mol. The van der Waals surface area contributed by atoms with Crippen LogP contribution in [0.1, 0.15) is 20.3 Å². The SMILES string of the molecule is COC(=O)CCOCCOCC(C)C. The van der Waals surface area contributed by atoms with Gasteiger partial charge in [-0.1, -0.05) is 13.8 Å². The van der Waals surface area contributed by atoms with Crippen LogP contribution in [0.2, 0.25) is 0 Å². The Morgan fingerprint density at radius 1 is 1.14 bits per heavy atom. The van der Waals surface area contributed by atoms with Gasteiger partial charge in [-0.2, -0.15) is 0 Å². The molecule has 0 unspecified atom stereocenters. The van der Waals surface area contributed by atoms with E-state index in [1.54, 1.807) is 0 Å². The van der Waals surface area contributed by atoms with Crippen LogP contribution >= 0.6 is 0 Å². The molecule has 0 radical (unpaired) electrons. The number of hydrogen-bond donors (Lipinski definition) is 0. The lowest BCUT2D eigenvalue weighted by molar-refractivity contribution is -0.141. The molecule has 0 aliphatic carbocycles. The van der Waals surface area contributed by atoms with Crippen LogP contribution in [0.3, 0.4) is 0 Å². The molecule has 0 saturated heterocycles. The predicted octanol–water partition coefficient (Wildman–Crippen LogP) is 1.24. The quantitative estimate of drug-likeness (QED) is 0.441. The number of carbonyl (C=O) groups is 1. The van der Waals surface area contributed by atoms with E-state index in [-0.39, 0.29) is 5.97 Å². The summed E-state index contributed by atoms with van der Waals surface area (Å²) in [6, 6.07) is 0. The summed E-state index contributed by atoms with van der Waals surface area (Å²) < 4.78 is 14.9. The van der Waals surface area contributed by atoms with Crippen LogP contribution in [0.5, 0.6) is 0 Å². The summed E-state index contributed by atoms with van der Waals surface area (Å²) >= 11 is 0. The van der Waals surface area contributed by atoms with Gasteiger partial charge >= 0.3 is 5.97 Å². The van der Waals surface area contributed by atoms with E-state index in [2.05, 4.69) is 18.6 Å². The Bertz CT molecular complexity index is 145. The van der Waals surface area contributed by atoms with Crippen LogP contribution in [0.25, 0.3) is 0 Å². The van der Waals surface area contributed by atoms with Crippen LogP contribution in [-0.2, 0) is 19.0 Å². The first-order chi connectivity index (χ1) is 6.66. The van der Waals surface area contributed by atoms with E-state index in [1.807, 2.05) is 0 Å². The molecule has 84 valence electrons. The highest BCUT2D eigenvalue weighted by Crippen LogP contribution is 1.92. The number of carbonyl (C=O) groups excluding carboxylic acids is 1. The van der Waals surface area contributed by atoms with Crippen LogP contribution in [0.4, 0.5) is 0 Å². The Labute approximate surface area is 85.5 Å². The molecule has 0 fully saturated rings. The summed E-state index contributed by atoms with van der Waals surface area (Å²) in [5.74, 6) is 0.304. The Morgan fingerprint density at radius 2 is 1.79 bits per heavy atom. The molecule has 0 aliphatic heterocycles. The minimum absolute atomic E-state index is 0.243. The van der Waals surface area contributed by atoms with Crippen molar-refractivity contribution in [2.24, 2.45) is 5.92 Å². The molecule has 0 atom stereocenters. The molecule has 14 heavy (non-hydrogen) atoms. The molecule has 0 aromatic carbocycles. The highest BCUT2D eigenvalue weighted by Gasteiger charge is 1.99. The van der Waals surface area contributed by atoms with Gasteiger partial charge in [0.2, 0.25) is 0 Å². The van der Waals surface area contributed by atoms with Crippen molar-refractivity contribution >= 4 is 5.97 Å². The largest absolute Gasteiger partial charge is 0.469 e. The van der Waals surface area contributed by atoms with E-state index in [9.17, 15) is 4.79 Å². The van der Waals surface area contributed by atoms with Crippen molar-refractivity contribution in [3.63, 3.8) is 0 Å². The van der Waals surface area contributed by atoms with Crippen LogP contribution in [0, 0.1) is 5.92 Å². The van der Waals surface area contributed by atoms with Gasteiger partial charge in [0, 0.05) is 6.61 Å². The van der Waals surface area contributed by atoms with Gasteiger partial charge in [0.15, 0.2) is 0 Å². The highest BCUT2D eigenvalue weighted by atomic mass is 16.5. The summed E-state index contributed by atoms with van der Waals surface area (Å²) in [7, 11) is 1.37. The summed E-state index contributed by atoms with van der Waals surface area (Å²) in [6.45, 7) is 6.46. The van der Waals surface area contributed by atoms with Crippen molar-refractivity contribution in [1.82, 2.24) is 0 Å². The molecule has 0 N–H and O–H groups in total. The second-order valence-corrected chi connectivity index (χ2v) is 3.41. The molecule has 0 heterocycles. The average molecular weight is 204 g/mol. The molecule has 0 aliphatic rings. The van der Waals surface area contributed by atoms with E-state index >= 15 is 0 Å². The van der Waals surface area contributed by atoms with Crippen molar-refractivity contribution < 1.29 is 19.0 Å². The molecular formula is C10H20O4. The first-order valence-electron chi connectivity index (χ1n) is 4.89. The smallest absolute Gasteiger partial charge is 0.307 e. The Hall–Kier alpha value is -0.610. The highest BCUT2D eigenvalue weighted by molar-refractivity contribution is 5.69. The second-order valence-electron chi connectivity index (χ2n) is 3.41. The first kappa shape index (κ1) is 13.4. The van der Waals surface area contributed by atoms with Gasteiger partial charge in [-0.25, -0.2) is 0 Å². The van der Waals surface area contributed by atoms with Crippen LogP contribution < -0.4 is 0 Å². The minimum Gasteiger partial charge on any atom is -0.469 e. The van der Waals surface area contributed by atoms with E-state index < -0.39 is 0 Å². The summed E-state index contributed by atoms with van der Waals surface area (Å²) in [6.07, 6.45) is 0.306.